The van der Waals surface area contributed by atoms with Crippen molar-refractivity contribution in [2.45, 2.75) is 38.6 Å². The topological polar surface area (TPSA) is 70.5 Å². The molecule has 2 aromatic rings. The number of hydrogen-bond donors (Lipinski definition) is 1. The molecule has 0 bridgehead atoms. The van der Waals surface area contributed by atoms with Crippen LogP contribution in [0, 0.1) is 12.8 Å². The van der Waals surface area contributed by atoms with Crippen LogP contribution in [0.4, 0.5) is 0 Å². The summed E-state index contributed by atoms with van der Waals surface area (Å²) in [6, 6.07) is 13.7. The minimum atomic E-state index is -0.794. The second-order valence-corrected chi connectivity index (χ2v) is 9.35. The molecule has 1 N–H and O–H groups in total. The Morgan fingerprint density at radius 3 is 2.80 bits per heavy atom. The van der Waals surface area contributed by atoms with Crippen molar-refractivity contribution >= 4 is 46.3 Å². The van der Waals surface area contributed by atoms with Gasteiger partial charge in [0.2, 0.25) is 0 Å². The van der Waals surface area contributed by atoms with Gasteiger partial charge in [-0.1, -0.05) is 60.7 Å². The number of aryl methyl sites for hydroxylation is 1. The van der Waals surface area contributed by atoms with Crippen molar-refractivity contribution in [3.05, 3.63) is 58.6 Å². The molecule has 30 heavy (non-hydrogen) atoms. The number of nitrogens with zero attached hydrogens (tertiary/aromatic N) is 2. The van der Waals surface area contributed by atoms with Crippen LogP contribution in [0.15, 0.2) is 47.4 Å². The number of aromatic nitrogens is 1. The molecule has 1 aliphatic heterocycles. The third-order valence-corrected chi connectivity index (χ3v) is 6.99. The number of amides is 1. The van der Waals surface area contributed by atoms with E-state index in [-0.39, 0.29) is 11.9 Å². The minimum Gasteiger partial charge on any atom is -0.481 e. The van der Waals surface area contributed by atoms with Crippen molar-refractivity contribution < 1.29 is 14.7 Å². The fourth-order valence-corrected chi connectivity index (χ4v) is 5.48. The van der Waals surface area contributed by atoms with E-state index in [0.29, 0.717) is 27.8 Å². The molecule has 0 spiro atoms. The van der Waals surface area contributed by atoms with Gasteiger partial charge < -0.3 is 5.11 Å². The molecule has 1 saturated heterocycles. The zero-order chi connectivity index (χ0) is 21.3. The molecular weight excluding hydrogens is 416 g/mol. The van der Waals surface area contributed by atoms with E-state index in [0.717, 1.165) is 29.7 Å². The molecule has 1 aliphatic carbocycles. The molecule has 4 rings (SSSR count). The molecule has 2 atom stereocenters. The molecule has 2 fully saturated rings. The fraction of sp³-hybridized carbons (Fsp3) is 0.304. The molecule has 7 heteroatoms. The highest BCUT2D eigenvalue weighted by molar-refractivity contribution is 8.26. The summed E-state index contributed by atoms with van der Waals surface area (Å²) in [7, 11) is 0. The molecular formula is C23H22N2O3S2. The minimum absolute atomic E-state index is 0.149. The Balaban J connectivity index is 1.58. The van der Waals surface area contributed by atoms with E-state index in [1.54, 1.807) is 11.0 Å². The summed E-state index contributed by atoms with van der Waals surface area (Å²) in [5, 5.41) is 9.36. The number of rotatable bonds is 4. The summed E-state index contributed by atoms with van der Waals surface area (Å²) in [6.07, 6.45) is 4.46. The van der Waals surface area contributed by atoms with Gasteiger partial charge in [-0.3, -0.25) is 14.5 Å². The number of carbonyl (C=O) groups is 2. The van der Waals surface area contributed by atoms with Crippen LogP contribution in [0.3, 0.4) is 0 Å². The molecule has 1 aromatic carbocycles. The molecule has 2 heterocycles. The highest BCUT2D eigenvalue weighted by atomic mass is 32.2. The Morgan fingerprint density at radius 1 is 1.23 bits per heavy atom. The standard InChI is InChI=1S/C23H22N2O3S2/c1-14-6-2-3-10-18(14)19-11-5-8-16(24-19)13-20-21(26)25(23(29)30-20)17-9-4-7-15(12-17)22(27)28/h2-3,5-6,8,10-11,13,15,17H,4,7,9,12H2,1H3,(H,27,28). The summed E-state index contributed by atoms with van der Waals surface area (Å²) >= 11 is 6.74. The van der Waals surface area contributed by atoms with Gasteiger partial charge in [0, 0.05) is 11.6 Å². The Kier molecular flexibility index (Phi) is 6.01. The number of carboxylic acids is 1. The first-order valence-electron chi connectivity index (χ1n) is 9.97. The van der Waals surface area contributed by atoms with Gasteiger partial charge in [-0.2, -0.15) is 0 Å². The number of aliphatic carboxylic acids is 1. The van der Waals surface area contributed by atoms with Gasteiger partial charge in [0.1, 0.15) is 4.32 Å². The number of pyridine rings is 1. The first kappa shape index (κ1) is 20.8. The number of thioether (sulfide) groups is 1. The summed E-state index contributed by atoms with van der Waals surface area (Å²) < 4.78 is 0.498. The van der Waals surface area contributed by atoms with Crippen molar-refractivity contribution in [3.8, 4) is 11.3 Å². The van der Waals surface area contributed by atoms with Crippen LogP contribution >= 0.6 is 24.0 Å². The van der Waals surface area contributed by atoms with Gasteiger partial charge >= 0.3 is 5.97 Å². The molecule has 1 amide bonds. The van der Waals surface area contributed by atoms with Crippen molar-refractivity contribution in [2.75, 3.05) is 0 Å². The smallest absolute Gasteiger partial charge is 0.306 e. The molecule has 1 aromatic heterocycles. The highest BCUT2D eigenvalue weighted by Crippen LogP contribution is 2.38. The average Bonchev–Trinajstić information content (AvgIpc) is 3.01. The number of thiocarbonyl (C=S) groups is 1. The third kappa shape index (κ3) is 4.18. The largest absolute Gasteiger partial charge is 0.481 e. The van der Waals surface area contributed by atoms with Crippen LogP contribution in [0.2, 0.25) is 0 Å². The lowest BCUT2D eigenvalue weighted by Gasteiger charge is -2.32. The van der Waals surface area contributed by atoms with Crippen LogP contribution in [-0.4, -0.2) is 37.2 Å². The molecule has 2 unspecified atom stereocenters. The molecule has 5 nitrogen and oxygen atoms in total. The second-order valence-electron chi connectivity index (χ2n) is 7.67. The van der Waals surface area contributed by atoms with Crippen LogP contribution < -0.4 is 0 Å². The SMILES string of the molecule is Cc1ccccc1-c1cccc(C=C2SC(=S)N(C3CCCC(C(=O)O)C3)C2=O)n1. The lowest BCUT2D eigenvalue weighted by Crippen LogP contribution is -2.42. The Bertz CT molecular complexity index is 1050. The fourth-order valence-electron chi connectivity index (χ4n) is 4.09. The van der Waals surface area contributed by atoms with E-state index in [1.165, 1.54) is 11.8 Å². The van der Waals surface area contributed by atoms with E-state index in [2.05, 4.69) is 0 Å². The maximum absolute atomic E-state index is 13.1. The van der Waals surface area contributed by atoms with Crippen molar-refractivity contribution in [1.82, 2.24) is 9.88 Å². The van der Waals surface area contributed by atoms with Crippen LogP contribution in [0.5, 0.6) is 0 Å². The maximum Gasteiger partial charge on any atom is 0.306 e. The zero-order valence-electron chi connectivity index (χ0n) is 16.6. The van der Waals surface area contributed by atoms with Crippen molar-refractivity contribution in [3.63, 3.8) is 0 Å². The van der Waals surface area contributed by atoms with Crippen LogP contribution in [0.25, 0.3) is 17.3 Å². The van der Waals surface area contributed by atoms with E-state index in [4.69, 9.17) is 17.2 Å². The maximum atomic E-state index is 13.1. The average molecular weight is 439 g/mol. The molecule has 154 valence electrons. The zero-order valence-corrected chi connectivity index (χ0v) is 18.2. The van der Waals surface area contributed by atoms with E-state index in [1.807, 2.05) is 49.4 Å². The quantitative estimate of drug-likeness (QED) is 0.541. The lowest BCUT2D eigenvalue weighted by atomic mass is 9.85. The normalized spacial score (nSPS) is 23.2. The predicted molar refractivity (Wildman–Crippen MR) is 123 cm³/mol. The molecule has 2 aliphatic rings. The number of carboxylic acid groups (broad SMARTS) is 1. The van der Waals surface area contributed by atoms with Gasteiger partial charge in [-0.25, -0.2) is 4.98 Å². The number of hydrogen-bond acceptors (Lipinski definition) is 5. The van der Waals surface area contributed by atoms with Crippen LogP contribution in [0.1, 0.15) is 36.9 Å². The number of benzene rings is 1. The van der Waals surface area contributed by atoms with E-state index >= 15 is 0 Å². The summed E-state index contributed by atoms with van der Waals surface area (Å²) in [5.41, 5.74) is 3.75. The highest BCUT2D eigenvalue weighted by Gasteiger charge is 2.40. The Hall–Kier alpha value is -2.51. The van der Waals surface area contributed by atoms with Gasteiger partial charge in [-0.15, -0.1) is 0 Å². The van der Waals surface area contributed by atoms with Gasteiger partial charge in [-0.05, 0) is 50.0 Å². The van der Waals surface area contributed by atoms with Gasteiger partial charge in [0.05, 0.1) is 22.2 Å². The second kappa shape index (κ2) is 8.70. The van der Waals surface area contributed by atoms with E-state index < -0.39 is 11.9 Å². The summed E-state index contributed by atoms with van der Waals surface area (Å²) in [4.78, 5) is 31.3. The monoisotopic (exact) mass is 438 g/mol. The summed E-state index contributed by atoms with van der Waals surface area (Å²) in [6.45, 7) is 2.05. The summed E-state index contributed by atoms with van der Waals surface area (Å²) in [5.74, 6) is -1.35. The lowest BCUT2D eigenvalue weighted by molar-refractivity contribution is -0.144. The predicted octanol–water partition coefficient (Wildman–Crippen LogP) is 4.90. The van der Waals surface area contributed by atoms with E-state index in [9.17, 15) is 14.7 Å². The van der Waals surface area contributed by atoms with Crippen LogP contribution in [-0.2, 0) is 9.59 Å². The molecule has 1 saturated carbocycles. The Morgan fingerprint density at radius 2 is 2.03 bits per heavy atom. The first-order valence-corrected chi connectivity index (χ1v) is 11.2. The molecule has 0 radical (unpaired) electrons. The van der Waals surface area contributed by atoms with Gasteiger partial charge in [0.25, 0.3) is 5.91 Å². The first-order chi connectivity index (χ1) is 14.4. The van der Waals surface area contributed by atoms with Crippen molar-refractivity contribution in [2.24, 2.45) is 5.92 Å². The third-order valence-electron chi connectivity index (χ3n) is 5.66. The van der Waals surface area contributed by atoms with Crippen molar-refractivity contribution in [1.29, 1.82) is 0 Å². The Labute approximate surface area is 185 Å². The number of carbonyl (C=O) groups excluding carboxylic acids is 1. The van der Waals surface area contributed by atoms with Gasteiger partial charge in [0.15, 0.2) is 0 Å².